The van der Waals surface area contributed by atoms with Gasteiger partial charge in [-0.2, -0.15) is 0 Å². The molecule has 1 saturated heterocycles. The van der Waals surface area contributed by atoms with E-state index in [2.05, 4.69) is 15.2 Å². The summed E-state index contributed by atoms with van der Waals surface area (Å²) in [5.74, 6) is -0.657. The number of aliphatic hydroxyl groups excluding tert-OH is 1. The number of rotatable bonds is 4. The first-order valence-corrected chi connectivity index (χ1v) is 8.20. The Balaban J connectivity index is 1.90. The van der Waals surface area contributed by atoms with Gasteiger partial charge in [0.1, 0.15) is 5.82 Å². The number of pyridine rings is 1. The quantitative estimate of drug-likeness (QED) is 0.899. The molecule has 2 aromatic rings. The van der Waals surface area contributed by atoms with E-state index >= 15 is 0 Å². The molecule has 5 nitrogen and oxygen atoms in total. The van der Waals surface area contributed by atoms with Crippen molar-refractivity contribution in [3.8, 4) is 0 Å². The summed E-state index contributed by atoms with van der Waals surface area (Å²) in [6.07, 6.45) is 3.63. The second kappa shape index (κ2) is 6.83. The van der Waals surface area contributed by atoms with E-state index in [1.165, 1.54) is 12.1 Å². The summed E-state index contributed by atoms with van der Waals surface area (Å²) in [4.78, 5) is 19.2. The molecular formula is C18H22FN3O2. The fraction of sp³-hybridized carbons (Fsp3) is 0.444. The molecule has 1 aromatic heterocycles. The van der Waals surface area contributed by atoms with Crippen molar-refractivity contribution in [1.82, 2.24) is 15.2 Å². The van der Waals surface area contributed by atoms with Gasteiger partial charge in [-0.3, -0.25) is 9.78 Å². The van der Waals surface area contributed by atoms with E-state index in [0.717, 1.165) is 25.9 Å². The van der Waals surface area contributed by atoms with Gasteiger partial charge in [-0.1, -0.05) is 0 Å². The van der Waals surface area contributed by atoms with Crippen LogP contribution in [0.15, 0.2) is 30.5 Å². The molecule has 0 atom stereocenters. The zero-order valence-electron chi connectivity index (χ0n) is 13.8. The minimum absolute atomic E-state index is 0.0202. The van der Waals surface area contributed by atoms with Gasteiger partial charge in [0, 0.05) is 36.8 Å². The second-order valence-corrected chi connectivity index (χ2v) is 6.51. The second-order valence-electron chi connectivity index (χ2n) is 6.51. The molecule has 0 aliphatic carbocycles. The summed E-state index contributed by atoms with van der Waals surface area (Å²) in [5.41, 5.74) is 0.304. The molecule has 1 amide bonds. The lowest BCUT2D eigenvalue weighted by molar-refractivity contribution is 0.0780. The number of aliphatic hydroxyl groups is 1. The first kappa shape index (κ1) is 16.8. The average molecular weight is 331 g/mol. The normalized spacial score (nSPS) is 17.8. The molecule has 2 N–H and O–H groups in total. The van der Waals surface area contributed by atoms with Crippen LogP contribution >= 0.6 is 0 Å². The summed E-state index contributed by atoms with van der Waals surface area (Å²) in [6.45, 7) is 1.75. The third-order valence-corrected chi connectivity index (χ3v) is 4.87. The van der Waals surface area contributed by atoms with Crippen molar-refractivity contribution >= 4 is 16.8 Å². The van der Waals surface area contributed by atoms with E-state index < -0.39 is 5.54 Å². The van der Waals surface area contributed by atoms with Gasteiger partial charge >= 0.3 is 0 Å². The number of nitrogens with one attached hydrogen (secondary N) is 1. The van der Waals surface area contributed by atoms with Crippen LogP contribution in [0.3, 0.4) is 0 Å². The minimum atomic E-state index is -0.423. The Morgan fingerprint density at radius 3 is 2.83 bits per heavy atom. The molecule has 2 heterocycles. The van der Waals surface area contributed by atoms with E-state index in [-0.39, 0.29) is 18.3 Å². The molecular weight excluding hydrogens is 309 g/mol. The van der Waals surface area contributed by atoms with Gasteiger partial charge in [0.15, 0.2) is 0 Å². The maximum Gasteiger partial charge on any atom is 0.253 e. The van der Waals surface area contributed by atoms with Crippen LogP contribution in [0, 0.1) is 5.82 Å². The molecule has 1 aliphatic rings. The summed E-state index contributed by atoms with van der Waals surface area (Å²) in [5, 5.41) is 12.8. The maximum atomic E-state index is 13.9. The molecule has 1 aliphatic heterocycles. The van der Waals surface area contributed by atoms with Crippen molar-refractivity contribution in [1.29, 1.82) is 0 Å². The summed E-state index contributed by atoms with van der Waals surface area (Å²) in [7, 11) is 2.04. The van der Waals surface area contributed by atoms with Crippen LogP contribution in [0.4, 0.5) is 4.39 Å². The fourth-order valence-electron chi connectivity index (χ4n) is 3.33. The SMILES string of the molecule is CN1CCC(CCO)(NC(=O)c2ccc(F)c3cccnc23)CC1. The number of hydrogen-bond acceptors (Lipinski definition) is 4. The Hall–Kier alpha value is -2.05. The lowest BCUT2D eigenvalue weighted by atomic mass is 9.84. The highest BCUT2D eigenvalue weighted by Crippen LogP contribution is 2.27. The molecule has 24 heavy (non-hydrogen) atoms. The number of likely N-dealkylation sites (tertiary alicyclic amines) is 1. The van der Waals surface area contributed by atoms with Crippen LogP contribution in [0.2, 0.25) is 0 Å². The van der Waals surface area contributed by atoms with E-state index in [9.17, 15) is 14.3 Å². The smallest absolute Gasteiger partial charge is 0.253 e. The fourth-order valence-corrected chi connectivity index (χ4v) is 3.33. The molecule has 3 rings (SSSR count). The van der Waals surface area contributed by atoms with Gasteiger partial charge in [-0.05, 0) is 50.6 Å². The topological polar surface area (TPSA) is 65.5 Å². The maximum absolute atomic E-state index is 13.9. The van der Waals surface area contributed by atoms with Crippen molar-refractivity contribution in [2.45, 2.75) is 24.8 Å². The van der Waals surface area contributed by atoms with Gasteiger partial charge in [0.25, 0.3) is 5.91 Å². The number of amides is 1. The van der Waals surface area contributed by atoms with Gasteiger partial charge in [0.2, 0.25) is 0 Å². The van der Waals surface area contributed by atoms with Crippen LogP contribution in [0.5, 0.6) is 0 Å². The minimum Gasteiger partial charge on any atom is -0.396 e. The van der Waals surface area contributed by atoms with Crippen molar-refractivity contribution < 1.29 is 14.3 Å². The molecule has 128 valence electrons. The van der Waals surface area contributed by atoms with Crippen molar-refractivity contribution in [2.24, 2.45) is 0 Å². The highest BCUT2D eigenvalue weighted by Gasteiger charge is 2.35. The Bertz CT molecular complexity index is 742. The highest BCUT2D eigenvalue weighted by atomic mass is 19.1. The molecule has 0 spiro atoms. The van der Waals surface area contributed by atoms with Crippen LogP contribution in [-0.4, -0.2) is 53.2 Å². The predicted octanol–water partition coefficient (Wildman–Crippen LogP) is 1.95. The molecule has 0 bridgehead atoms. The number of piperidine rings is 1. The third kappa shape index (κ3) is 3.25. The molecule has 1 aromatic carbocycles. The summed E-state index contributed by atoms with van der Waals surface area (Å²) in [6, 6.07) is 6.04. The summed E-state index contributed by atoms with van der Waals surface area (Å²) >= 11 is 0. The number of halogens is 1. The Morgan fingerprint density at radius 1 is 1.38 bits per heavy atom. The highest BCUT2D eigenvalue weighted by molar-refractivity contribution is 6.05. The predicted molar refractivity (Wildman–Crippen MR) is 90.3 cm³/mol. The first-order chi connectivity index (χ1) is 11.5. The monoisotopic (exact) mass is 331 g/mol. The molecule has 0 saturated carbocycles. The number of nitrogens with zero attached hydrogens (tertiary/aromatic N) is 2. The summed E-state index contributed by atoms with van der Waals surface area (Å²) < 4.78 is 13.9. The van der Waals surface area contributed by atoms with Crippen molar-refractivity contribution in [3.63, 3.8) is 0 Å². The molecule has 1 fully saturated rings. The molecule has 0 unspecified atom stereocenters. The average Bonchev–Trinajstić information content (AvgIpc) is 2.58. The third-order valence-electron chi connectivity index (χ3n) is 4.87. The number of benzene rings is 1. The van der Waals surface area contributed by atoms with Gasteiger partial charge in [-0.15, -0.1) is 0 Å². The largest absolute Gasteiger partial charge is 0.396 e. The first-order valence-electron chi connectivity index (χ1n) is 8.20. The Kier molecular flexibility index (Phi) is 4.78. The van der Waals surface area contributed by atoms with Crippen LogP contribution in [0.1, 0.15) is 29.6 Å². The van der Waals surface area contributed by atoms with Crippen LogP contribution in [-0.2, 0) is 0 Å². The van der Waals surface area contributed by atoms with Crippen LogP contribution < -0.4 is 5.32 Å². The number of carbonyl (C=O) groups excluding carboxylic acids is 1. The number of aromatic nitrogens is 1. The standard InChI is InChI=1S/C18H22FN3O2/c1-22-10-6-18(7-11-22,8-12-23)21-17(24)14-4-5-15(19)13-3-2-9-20-16(13)14/h2-5,9,23H,6-8,10-12H2,1H3,(H,21,24). The van der Waals surface area contributed by atoms with E-state index in [0.29, 0.717) is 22.9 Å². The number of hydrogen-bond donors (Lipinski definition) is 2. The number of fused-ring (bicyclic) bond motifs is 1. The number of carbonyl (C=O) groups is 1. The molecule has 0 radical (unpaired) electrons. The van der Waals surface area contributed by atoms with Crippen molar-refractivity contribution in [2.75, 3.05) is 26.7 Å². The zero-order chi connectivity index (χ0) is 17.2. The van der Waals surface area contributed by atoms with Gasteiger partial charge in [0.05, 0.1) is 11.1 Å². The lowest BCUT2D eigenvalue weighted by Gasteiger charge is -2.41. The van der Waals surface area contributed by atoms with E-state index in [1.807, 2.05) is 7.05 Å². The zero-order valence-corrected chi connectivity index (χ0v) is 13.8. The van der Waals surface area contributed by atoms with E-state index in [1.54, 1.807) is 18.3 Å². The van der Waals surface area contributed by atoms with Gasteiger partial charge < -0.3 is 15.3 Å². The Morgan fingerprint density at radius 2 is 2.12 bits per heavy atom. The van der Waals surface area contributed by atoms with Crippen LogP contribution in [0.25, 0.3) is 10.9 Å². The lowest BCUT2D eigenvalue weighted by Crippen LogP contribution is -2.55. The van der Waals surface area contributed by atoms with Gasteiger partial charge in [-0.25, -0.2) is 4.39 Å². The molecule has 6 heteroatoms. The van der Waals surface area contributed by atoms with Crippen molar-refractivity contribution in [3.05, 3.63) is 41.8 Å². The van der Waals surface area contributed by atoms with E-state index in [4.69, 9.17) is 0 Å². The Labute approximate surface area is 140 Å².